The molecule has 2 N–H and O–H groups in total. The van der Waals surface area contributed by atoms with Gasteiger partial charge in [-0.3, -0.25) is 0 Å². The Balaban J connectivity index is 2.92. The molecule has 0 bridgehead atoms. The van der Waals surface area contributed by atoms with Crippen LogP contribution in [0.3, 0.4) is 0 Å². The van der Waals surface area contributed by atoms with Crippen LogP contribution in [0.15, 0.2) is 17.2 Å². The van der Waals surface area contributed by atoms with Gasteiger partial charge in [-0.2, -0.15) is 4.31 Å². The van der Waals surface area contributed by atoms with E-state index in [1.807, 2.05) is 13.8 Å². The van der Waals surface area contributed by atoms with Crippen molar-refractivity contribution in [3.8, 4) is 0 Å². The molecule has 0 unspecified atom stereocenters. The summed E-state index contributed by atoms with van der Waals surface area (Å²) in [6.07, 6.45) is 1.60. The molecule has 0 saturated heterocycles. The number of rotatable bonds is 8. The maximum absolute atomic E-state index is 12.5. The minimum atomic E-state index is -3.47. The van der Waals surface area contributed by atoms with Crippen LogP contribution < -0.4 is 5.73 Å². The number of ether oxygens (including phenoxy) is 1. The van der Waals surface area contributed by atoms with Crippen molar-refractivity contribution in [1.29, 1.82) is 0 Å². The highest BCUT2D eigenvalue weighted by Gasteiger charge is 2.24. The van der Waals surface area contributed by atoms with Crippen molar-refractivity contribution in [3.63, 3.8) is 0 Å². The second-order valence-corrected chi connectivity index (χ2v) is 6.11. The Kier molecular flexibility index (Phi) is 5.99. The Hall–Kier alpha value is -0.890. The van der Waals surface area contributed by atoms with Gasteiger partial charge in [-0.15, -0.1) is 0 Å². The van der Waals surface area contributed by atoms with E-state index in [1.54, 1.807) is 23.9 Å². The van der Waals surface area contributed by atoms with E-state index in [0.717, 1.165) is 5.69 Å². The Morgan fingerprint density at radius 2 is 2.11 bits per heavy atom. The van der Waals surface area contributed by atoms with Crippen LogP contribution >= 0.6 is 0 Å². The van der Waals surface area contributed by atoms with E-state index < -0.39 is 10.0 Å². The molecule has 0 saturated carbocycles. The third-order valence-electron chi connectivity index (χ3n) is 2.97. The molecule has 19 heavy (non-hydrogen) atoms. The van der Waals surface area contributed by atoms with Crippen molar-refractivity contribution >= 4 is 10.0 Å². The van der Waals surface area contributed by atoms with Gasteiger partial charge < -0.3 is 15.0 Å². The highest BCUT2D eigenvalue weighted by Crippen LogP contribution is 2.18. The lowest BCUT2D eigenvalue weighted by Gasteiger charge is -2.19. The minimum Gasteiger partial charge on any atom is -0.380 e. The van der Waals surface area contributed by atoms with Gasteiger partial charge in [-0.05, 0) is 13.0 Å². The molecule has 7 heteroatoms. The summed E-state index contributed by atoms with van der Waals surface area (Å²) in [6.45, 7) is 5.78. The SMILES string of the molecule is CCOCCN(CC)S(=O)(=O)c1cc(CN)n(C)c1. The average molecular weight is 289 g/mol. The van der Waals surface area contributed by atoms with Crippen LogP contribution in [-0.4, -0.2) is 43.6 Å². The summed E-state index contributed by atoms with van der Waals surface area (Å²) >= 11 is 0. The molecule has 0 aromatic carbocycles. The number of likely N-dealkylation sites (N-methyl/N-ethyl adjacent to an activating group) is 1. The number of aryl methyl sites for hydroxylation is 1. The first-order valence-electron chi connectivity index (χ1n) is 6.40. The zero-order valence-electron chi connectivity index (χ0n) is 11.8. The summed E-state index contributed by atoms with van der Waals surface area (Å²) in [7, 11) is -1.68. The molecule has 0 radical (unpaired) electrons. The molecular weight excluding hydrogens is 266 g/mol. The third kappa shape index (κ3) is 3.79. The summed E-state index contributed by atoms with van der Waals surface area (Å²) in [5, 5.41) is 0. The lowest BCUT2D eigenvalue weighted by molar-refractivity contribution is 0.135. The van der Waals surface area contributed by atoms with Gasteiger partial charge in [-0.1, -0.05) is 6.92 Å². The first-order valence-corrected chi connectivity index (χ1v) is 7.84. The van der Waals surface area contributed by atoms with E-state index in [1.165, 1.54) is 4.31 Å². The van der Waals surface area contributed by atoms with Gasteiger partial charge in [0.25, 0.3) is 0 Å². The molecule has 110 valence electrons. The van der Waals surface area contributed by atoms with Crippen molar-refractivity contribution in [3.05, 3.63) is 18.0 Å². The monoisotopic (exact) mass is 289 g/mol. The fourth-order valence-corrected chi connectivity index (χ4v) is 3.36. The van der Waals surface area contributed by atoms with Crippen LogP contribution in [0.4, 0.5) is 0 Å². The molecule has 0 spiro atoms. The molecule has 1 heterocycles. The predicted molar refractivity (Wildman–Crippen MR) is 74.2 cm³/mol. The zero-order chi connectivity index (χ0) is 14.5. The summed E-state index contributed by atoms with van der Waals surface area (Å²) in [6, 6.07) is 1.62. The van der Waals surface area contributed by atoms with Gasteiger partial charge in [0, 0.05) is 45.2 Å². The Morgan fingerprint density at radius 1 is 1.42 bits per heavy atom. The first kappa shape index (κ1) is 16.2. The van der Waals surface area contributed by atoms with E-state index in [-0.39, 0.29) is 4.90 Å². The summed E-state index contributed by atoms with van der Waals surface area (Å²) in [5.41, 5.74) is 6.36. The number of aromatic nitrogens is 1. The smallest absolute Gasteiger partial charge is 0.244 e. The third-order valence-corrected chi connectivity index (χ3v) is 4.91. The van der Waals surface area contributed by atoms with Crippen molar-refractivity contribution in [1.82, 2.24) is 8.87 Å². The predicted octanol–water partition coefficient (Wildman–Crippen LogP) is 0.531. The van der Waals surface area contributed by atoms with Crippen LogP contribution in [0.5, 0.6) is 0 Å². The number of nitrogens with zero attached hydrogens (tertiary/aromatic N) is 2. The maximum Gasteiger partial charge on any atom is 0.244 e. The van der Waals surface area contributed by atoms with Crippen LogP contribution in [0.2, 0.25) is 0 Å². The van der Waals surface area contributed by atoms with Crippen molar-refractivity contribution in [2.45, 2.75) is 25.3 Å². The van der Waals surface area contributed by atoms with Crippen molar-refractivity contribution in [2.75, 3.05) is 26.3 Å². The average Bonchev–Trinajstić information content (AvgIpc) is 2.76. The normalized spacial score (nSPS) is 12.3. The molecule has 1 aromatic heterocycles. The highest BCUT2D eigenvalue weighted by atomic mass is 32.2. The number of hydrogen-bond donors (Lipinski definition) is 1. The number of hydrogen-bond acceptors (Lipinski definition) is 4. The molecule has 6 nitrogen and oxygen atoms in total. The fraction of sp³-hybridized carbons (Fsp3) is 0.667. The largest absolute Gasteiger partial charge is 0.380 e. The van der Waals surface area contributed by atoms with Gasteiger partial charge in [0.15, 0.2) is 0 Å². The van der Waals surface area contributed by atoms with Crippen molar-refractivity contribution in [2.24, 2.45) is 12.8 Å². The van der Waals surface area contributed by atoms with Gasteiger partial charge in [0.2, 0.25) is 10.0 Å². The van der Waals surface area contributed by atoms with E-state index in [0.29, 0.717) is 32.8 Å². The lowest BCUT2D eigenvalue weighted by atomic mass is 10.4. The van der Waals surface area contributed by atoms with E-state index in [4.69, 9.17) is 10.5 Å². The van der Waals surface area contributed by atoms with Gasteiger partial charge in [0.05, 0.1) is 6.61 Å². The summed E-state index contributed by atoms with van der Waals surface area (Å²) < 4.78 is 33.3. The highest BCUT2D eigenvalue weighted by molar-refractivity contribution is 7.89. The van der Waals surface area contributed by atoms with Crippen LogP contribution in [0, 0.1) is 0 Å². The molecular formula is C12H23N3O3S. The molecule has 0 aliphatic heterocycles. The topological polar surface area (TPSA) is 77.6 Å². The Bertz CT molecular complexity index is 496. The van der Waals surface area contributed by atoms with E-state index >= 15 is 0 Å². The van der Waals surface area contributed by atoms with Gasteiger partial charge in [0.1, 0.15) is 4.90 Å². The molecule has 1 rings (SSSR count). The van der Waals surface area contributed by atoms with E-state index in [2.05, 4.69) is 0 Å². The second kappa shape index (κ2) is 7.04. The standard InChI is InChI=1S/C12H23N3O3S/c1-4-15(6-7-18-5-2)19(16,17)12-8-11(9-13)14(3)10-12/h8,10H,4-7,9,13H2,1-3H3. The Labute approximate surface area is 115 Å². The van der Waals surface area contributed by atoms with Crippen molar-refractivity contribution < 1.29 is 13.2 Å². The molecule has 0 aliphatic rings. The summed E-state index contributed by atoms with van der Waals surface area (Å²) in [4.78, 5) is 0.286. The first-order chi connectivity index (χ1) is 8.97. The number of nitrogens with two attached hydrogens (primary N) is 1. The zero-order valence-corrected chi connectivity index (χ0v) is 12.6. The van der Waals surface area contributed by atoms with Crippen LogP contribution in [-0.2, 0) is 28.4 Å². The molecule has 0 amide bonds. The molecule has 0 fully saturated rings. The second-order valence-electron chi connectivity index (χ2n) is 4.18. The van der Waals surface area contributed by atoms with Gasteiger partial charge >= 0.3 is 0 Å². The molecule has 0 atom stereocenters. The van der Waals surface area contributed by atoms with Gasteiger partial charge in [-0.25, -0.2) is 8.42 Å². The Morgan fingerprint density at radius 3 is 2.58 bits per heavy atom. The molecule has 1 aromatic rings. The van der Waals surface area contributed by atoms with E-state index in [9.17, 15) is 8.42 Å². The lowest BCUT2D eigenvalue weighted by Crippen LogP contribution is -2.33. The summed E-state index contributed by atoms with van der Waals surface area (Å²) in [5.74, 6) is 0. The van der Waals surface area contributed by atoms with Crippen LogP contribution in [0.1, 0.15) is 19.5 Å². The molecule has 0 aliphatic carbocycles. The quantitative estimate of drug-likeness (QED) is 0.708. The number of sulfonamides is 1. The maximum atomic E-state index is 12.5. The fourth-order valence-electron chi connectivity index (χ4n) is 1.83. The minimum absolute atomic E-state index is 0.286. The van der Waals surface area contributed by atoms with Crippen LogP contribution in [0.25, 0.3) is 0 Å².